The summed E-state index contributed by atoms with van der Waals surface area (Å²) in [5.41, 5.74) is 11.1. The highest BCUT2D eigenvalue weighted by Crippen LogP contribution is 2.16. The van der Waals surface area contributed by atoms with Crippen molar-refractivity contribution in [2.45, 2.75) is 0 Å². The zero-order valence-corrected chi connectivity index (χ0v) is 21.7. The summed E-state index contributed by atoms with van der Waals surface area (Å²) in [7, 11) is 0. The molecule has 0 N–H and O–H groups in total. The molecule has 8 aromatic heterocycles. The SMILES string of the molecule is c1cc2scnc2cn1.c1cc2scnc2cn1.c1cc2scnc2cn1.c1cnc2ncsc2c1. The van der Waals surface area contributed by atoms with Gasteiger partial charge in [0.1, 0.15) is 0 Å². The average molecular weight is 545 g/mol. The third-order valence-corrected chi connectivity index (χ3v) is 7.72. The average Bonchev–Trinajstić information content (AvgIpc) is 3.76. The van der Waals surface area contributed by atoms with Gasteiger partial charge in [-0.25, -0.2) is 24.9 Å². The lowest BCUT2D eigenvalue weighted by molar-refractivity contribution is 1.33. The lowest BCUT2D eigenvalue weighted by Gasteiger charge is -1.80. The summed E-state index contributed by atoms with van der Waals surface area (Å²) >= 11 is 6.52. The molecule has 0 radical (unpaired) electrons. The fourth-order valence-electron chi connectivity index (χ4n) is 2.83. The van der Waals surface area contributed by atoms with Gasteiger partial charge < -0.3 is 0 Å². The highest BCUT2D eigenvalue weighted by molar-refractivity contribution is 7.17. The second-order valence-electron chi connectivity index (χ2n) is 6.76. The number of aromatic nitrogens is 8. The van der Waals surface area contributed by atoms with Gasteiger partial charge in [-0.1, -0.05) is 0 Å². The molecule has 0 fully saturated rings. The number of pyridine rings is 4. The van der Waals surface area contributed by atoms with E-state index in [9.17, 15) is 0 Å². The quantitative estimate of drug-likeness (QED) is 0.206. The van der Waals surface area contributed by atoms with Gasteiger partial charge in [-0.3, -0.25) is 15.0 Å². The van der Waals surface area contributed by atoms with Crippen LogP contribution in [-0.4, -0.2) is 39.9 Å². The Kier molecular flexibility index (Phi) is 8.11. The first-order valence-corrected chi connectivity index (χ1v) is 13.9. The van der Waals surface area contributed by atoms with Gasteiger partial charge in [0.05, 0.1) is 76.0 Å². The van der Waals surface area contributed by atoms with Crippen LogP contribution in [-0.2, 0) is 0 Å². The number of thiazole rings is 4. The predicted molar refractivity (Wildman–Crippen MR) is 150 cm³/mol. The molecule has 0 atom stereocenters. The Hall–Kier alpha value is -3.84. The summed E-state index contributed by atoms with van der Waals surface area (Å²) in [6.07, 6.45) is 12.4. The Morgan fingerprint density at radius 3 is 1.31 bits per heavy atom. The van der Waals surface area contributed by atoms with E-state index in [1.165, 1.54) is 14.1 Å². The molecule has 0 aliphatic heterocycles. The van der Waals surface area contributed by atoms with Crippen molar-refractivity contribution in [3.05, 3.63) is 95.8 Å². The van der Waals surface area contributed by atoms with Crippen LogP contribution < -0.4 is 0 Å². The molecular weight excluding hydrogens is 529 g/mol. The molecule has 8 rings (SSSR count). The van der Waals surface area contributed by atoms with Crippen molar-refractivity contribution in [1.29, 1.82) is 0 Å². The summed E-state index contributed by atoms with van der Waals surface area (Å²) < 4.78 is 4.75. The van der Waals surface area contributed by atoms with Gasteiger partial charge in [0.15, 0.2) is 5.65 Å². The van der Waals surface area contributed by atoms with Crippen molar-refractivity contribution >= 4 is 86.3 Å². The number of hydrogen-bond acceptors (Lipinski definition) is 12. The summed E-state index contributed by atoms with van der Waals surface area (Å²) in [4.78, 5) is 32.1. The molecule has 8 aromatic rings. The molecule has 0 aliphatic carbocycles. The van der Waals surface area contributed by atoms with Gasteiger partial charge in [0.25, 0.3) is 0 Å². The zero-order chi connectivity index (χ0) is 24.4. The molecule has 0 spiro atoms. The first-order chi connectivity index (χ1) is 17.9. The zero-order valence-electron chi connectivity index (χ0n) is 18.4. The van der Waals surface area contributed by atoms with Crippen LogP contribution in [0, 0.1) is 0 Å². The molecule has 0 bridgehead atoms. The van der Waals surface area contributed by atoms with Crippen molar-refractivity contribution < 1.29 is 0 Å². The summed E-state index contributed by atoms with van der Waals surface area (Å²) in [6, 6.07) is 9.83. The van der Waals surface area contributed by atoms with Crippen molar-refractivity contribution in [3.63, 3.8) is 0 Å². The first-order valence-electron chi connectivity index (χ1n) is 10.4. The van der Waals surface area contributed by atoms with Crippen LogP contribution in [0.3, 0.4) is 0 Å². The van der Waals surface area contributed by atoms with E-state index in [4.69, 9.17) is 0 Å². The summed E-state index contributed by atoms with van der Waals surface area (Å²) in [5, 5.41) is 0. The number of nitrogens with zero attached hydrogens (tertiary/aromatic N) is 8. The summed E-state index contributed by atoms with van der Waals surface area (Å²) in [5.74, 6) is 0. The molecule has 0 aliphatic rings. The van der Waals surface area contributed by atoms with E-state index in [0.717, 1.165) is 26.9 Å². The van der Waals surface area contributed by atoms with E-state index in [2.05, 4.69) is 39.9 Å². The van der Waals surface area contributed by atoms with Crippen LogP contribution in [0.2, 0.25) is 0 Å². The number of rotatable bonds is 0. The summed E-state index contributed by atoms with van der Waals surface area (Å²) in [6.45, 7) is 0. The molecule has 8 heterocycles. The monoisotopic (exact) mass is 544 g/mol. The Bertz CT molecular complexity index is 1400. The van der Waals surface area contributed by atoms with E-state index < -0.39 is 0 Å². The maximum Gasteiger partial charge on any atom is 0.170 e. The highest BCUT2D eigenvalue weighted by Gasteiger charge is 1.93. The lowest BCUT2D eigenvalue weighted by Crippen LogP contribution is -1.70. The minimum Gasteiger partial charge on any atom is -0.262 e. The molecule has 0 amide bonds. The fraction of sp³-hybridized carbons (Fsp3) is 0. The Balaban J connectivity index is 0.0000000988. The van der Waals surface area contributed by atoms with Gasteiger partial charge in [-0.15, -0.1) is 45.3 Å². The van der Waals surface area contributed by atoms with Crippen molar-refractivity contribution in [3.8, 4) is 0 Å². The van der Waals surface area contributed by atoms with Gasteiger partial charge in [0, 0.05) is 24.8 Å². The first kappa shape index (κ1) is 23.9. The van der Waals surface area contributed by atoms with Gasteiger partial charge in [0.2, 0.25) is 0 Å². The second-order valence-corrected chi connectivity index (χ2v) is 10.3. The normalized spacial score (nSPS) is 10.2. The van der Waals surface area contributed by atoms with Crippen LogP contribution in [0.25, 0.3) is 41.0 Å². The minimum atomic E-state index is 0.850. The Morgan fingerprint density at radius 2 is 0.861 bits per heavy atom. The lowest BCUT2D eigenvalue weighted by atomic mass is 10.5. The standard InChI is InChI=1S/4C6H4N2S/c3*1-2-7-3-5-6(1)9-4-8-5;1-2-5-6(7-3-1)8-4-9-5/h4*1-4H. The van der Waals surface area contributed by atoms with Crippen LogP contribution in [0.1, 0.15) is 0 Å². The van der Waals surface area contributed by atoms with Crippen molar-refractivity contribution in [2.75, 3.05) is 0 Å². The molecule has 176 valence electrons. The topological polar surface area (TPSA) is 103 Å². The highest BCUT2D eigenvalue weighted by atomic mass is 32.1. The second kappa shape index (κ2) is 12.2. The van der Waals surface area contributed by atoms with Crippen LogP contribution in [0.5, 0.6) is 0 Å². The van der Waals surface area contributed by atoms with Crippen LogP contribution in [0.15, 0.2) is 95.8 Å². The van der Waals surface area contributed by atoms with E-state index >= 15 is 0 Å². The van der Waals surface area contributed by atoms with Gasteiger partial charge >= 0.3 is 0 Å². The maximum absolute atomic E-state index is 4.07. The van der Waals surface area contributed by atoms with E-state index in [-0.39, 0.29) is 0 Å². The van der Waals surface area contributed by atoms with E-state index in [1.54, 1.807) is 94.2 Å². The van der Waals surface area contributed by atoms with Crippen molar-refractivity contribution in [2.24, 2.45) is 0 Å². The molecule has 0 aromatic carbocycles. The number of hydrogen-bond donors (Lipinski definition) is 0. The molecule has 8 nitrogen and oxygen atoms in total. The van der Waals surface area contributed by atoms with E-state index in [1.807, 2.05) is 46.9 Å². The molecule has 0 saturated heterocycles. The predicted octanol–water partition coefficient (Wildman–Crippen LogP) is 6.77. The third-order valence-electron chi connectivity index (χ3n) is 4.50. The molecular formula is C24H16N8S4. The fourth-order valence-corrected chi connectivity index (χ4v) is 5.40. The Morgan fingerprint density at radius 1 is 0.417 bits per heavy atom. The largest absolute Gasteiger partial charge is 0.262 e. The van der Waals surface area contributed by atoms with Gasteiger partial charge in [-0.2, -0.15) is 0 Å². The minimum absolute atomic E-state index is 0.850. The number of fused-ring (bicyclic) bond motifs is 4. The van der Waals surface area contributed by atoms with Gasteiger partial charge in [-0.05, 0) is 30.3 Å². The Labute approximate surface area is 221 Å². The molecule has 36 heavy (non-hydrogen) atoms. The molecule has 0 saturated carbocycles. The smallest absolute Gasteiger partial charge is 0.170 e. The van der Waals surface area contributed by atoms with Crippen LogP contribution in [0.4, 0.5) is 0 Å². The third kappa shape index (κ3) is 6.23. The van der Waals surface area contributed by atoms with Crippen LogP contribution >= 0.6 is 45.3 Å². The molecule has 0 unspecified atom stereocenters. The molecule has 12 heteroatoms. The van der Waals surface area contributed by atoms with E-state index in [0.29, 0.717) is 0 Å². The maximum atomic E-state index is 4.07. The van der Waals surface area contributed by atoms with Crippen molar-refractivity contribution in [1.82, 2.24) is 39.9 Å².